The fourth-order valence-electron chi connectivity index (χ4n) is 2.81. The summed E-state index contributed by atoms with van der Waals surface area (Å²) in [5.74, 6) is 1.13. The molecule has 0 aliphatic carbocycles. The summed E-state index contributed by atoms with van der Waals surface area (Å²) < 4.78 is 0. The fraction of sp³-hybridized carbons (Fsp3) is 0.667. The van der Waals surface area contributed by atoms with Crippen molar-refractivity contribution in [2.45, 2.75) is 20.3 Å². The number of halogens is 1. The van der Waals surface area contributed by atoms with E-state index < -0.39 is 0 Å². The SMILES string of the molecule is CCN(CC)C(=O)CN1CCCN(c2cc(Cl)nc(N)n2)CC1. The second-order valence-electron chi connectivity index (χ2n) is 5.59. The third-order valence-corrected chi connectivity index (χ3v) is 4.28. The van der Waals surface area contributed by atoms with Crippen LogP contribution < -0.4 is 10.6 Å². The molecule has 2 rings (SSSR count). The molecule has 1 amide bonds. The van der Waals surface area contributed by atoms with Gasteiger partial charge in [0, 0.05) is 45.3 Å². The van der Waals surface area contributed by atoms with Crippen LogP contribution in [0.2, 0.25) is 5.15 Å². The van der Waals surface area contributed by atoms with Crippen LogP contribution in [0.25, 0.3) is 0 Å². The number of hydrogen-bond donors (Lipinski definition) is 1. The minimum Gasteiger partial charge on any atom is -0.368 e. The van der Waals surface area contributed by atoms with Gasteiger partial charge < -0.3 is 15.5 Å². The van der Waals surface area contributed by atoms with Crippen molar-refractivity contribution in [3.8, 4) is 0 Å². The van der Waals surface area contributed by atoms with E-state index in [1.165, 1.54) is 0 Å². The van der Waals surface area contributed by atoms with Gasteiger partial charge in [0.1, 0.15) is 11.0 Å². The summed E-state index contributed by atoms with van der Waals surface area (Å²) in [6.07, 6.45) is 0.965. The van der Waals surface area contributed by atoms with Gasteiger partial charge in [-0.25, -0.2) is 4.98 Å². The molecule has 7 nitrogen and oxygen atoms in total. The molecule has 0 spiro atoms. The molecular formula is C15H25ClN6O. The lowest BCUT2D eigenvalue weighted by Crippen LogP contribution is -2.41. The number of rotatable bonds is 5. The molecule has 128 valence electrons. The van der Waals surface area contributed by atoms with E-state index in [0.717, 1.165) is 51.5 Å². The van der Waals surface area contributed by atoms with Gasteiger partial charge >= 0.3 is 0 Å². The Bertz CT molecular complexity index is 516. The molecule has 0 unspecified atom stereocenters. The highest BCUT2D eigenvalue weighted by atomic mass is 35.5. The third kappa shape index (κ3) is 4.94. The average molecular weight is 341 g/mol. The zero-order chi connectivity index (χ0) is 16.8. The van der Waals surface area contributed by atoms with Crippen LogP contribution in [0.4, 0.5) is 11.8 Å². The van der Waals surface area contributed by atoms with Crippen LogP contribution in [-0.4, -0.2) is 71.5 Å². The maximum atomic E-state index is 12.2. The summed E-state index contributed by atoms with van der Waals surface area (Å²) in [6.45, 7) is 9.38. The molecule has 1 aliphatic heterocycles. The van der Waals surface area contributed by atoms with Crippen molar-refractivity contribution in [3.05, 3.63) is 11.2 Å². The van der Waals surface area contributed by atoms with Crippen LogP contribution in [0.5, 0.6) is 0 Å². The van der Waals surface area contributed by atoms with Crippen molar-refractivity contribution in [1.82, 2.24) is 19.8 Å². The molecule has 0 saturated carbocycles. The van der Waals surface area contributed by atoms with Crippen LogP contribution in [0.1, 0.15) is 20.3 Å². The molecule has 2 N–H and O–H groups in total. The first kappa shape index (κ1) is 17.7. The maximum absolute atomic E-state index is 12.2. The van der Waals surface area contributed by atoms with Gasteiger partial charge in [0.05, 0.1) is 6.54 Å². The summed E-state index contributed by atoms with van der Waals surface area (Å²) >= 11 is 5.96. The number of carbonyl (C=O) groups is 1. The Labute approximate surface area is 142 Å². The summed E-state index contributed by atoms with van der Waals surface area (Å²) in [5.41, 5.74) is 5.67. The lowest BCUT2D eigenvalue weighted by atomic mass is 10.3. The Kier molecular flexibility index (Phi) is 6.41. The minimum atomic E-state index is 0.185. The molecule has 0 radical (unpaired) electrons. The van der Waals surface area contributed by atoms with Crippen molar-refractivity contribution in [2.75, 3.05) is 56.4 Å². The second-order valence-corrected chi connectivity index (χ2v) is 5.98. The Balaban J connectivity index is 1.95. The number of likely N-dealkylation sites (N-methyl/N-ethyl adjacent to an activating group) is 1. The maximum Gasteiger partial charge on any atom is 0.236 e. The zero-order valence-corrected chi connectivity index (χ0v) is 14.6. The smallest absolute Gasteiger partial charge is 0.236 e. The van der Waals surface area contributed by atoms with Gasteiger partial charge in [-0.1, -0.05) is 11.6 Å². The largest absolute Gasteiger partial charge is 0.368 e. The molecule has 1 aromatic rings. The van der Waals surface area contributed by atoms with Crippen molar-refractivity contribution < 1.29 is 4.79 Å². The predicted octanol–water partition coefficient (Wildman–Crippen LogP) is 1.09. The van der Waals surface area contributed by atoms with Gasteiger partial charge in [-0.05, 0) is 20.3 Å². The Morgan fingerprint density at radius 2 is 2.00 bits per heavy atom. The summed E-state index contributed by atoms with van der Waals surface area (Å²) in [6, 6.07) is 1.73. The van der Waals surface area contributed by atoms with Gasteiger partial charge in [0.2, 0.25) is 11.9 Å². The van der Waals surface area contributed by atoms with Gasteiger partial charge in [-0.2, -0.15) is 4.98 Å². The van der Waals surface area contributed by atoms with Crippen molar-refractivity contribution in [2.24, 2.45) is 0 Å². The molecule has 1 aromatic heterocycles. The molecule has 0 bridgehead atoms. The summed E-state index contributed by atoms with van der Waals surface area (Å²) in [5, 5.41) is 0.352. The highest BCUT2D eigenvalue weighted by Crippen LogP contribution is 2.18. The number of nitrogens with zero attached hydrogens (tertiary/aromatic N) is 5. The topological polar surface area (TPSA) is 78.6 Å². The molecule has 8 heteroatoms. The van der Waals surface area contributed by atoms with Crippen LogP contribution in [0.15, 0.2) is 6.07 Å². The molecular weight excluding hydrogens is 316 g/mol. The van der Waals surface area contributed by atoms with Crippen LogP contribution in [0.3, 0.4) is 0 Å². The Morgan fingerprint density at radius 3 is 2.65 bits per heavy atom. The first-order valence-electron chi connectivity index (χ1n) is 8.08. The first-order valence-corrected chi connectivity index (χ1v) is 8.46. The molecule has 1 fully saturated rings. The number of nitrogen functional groups attached to an aromatic ring is 1. The number of carbonyl (C=O) groups excluding carboxylic acids is 1. The minimum absolute atomic E-state index is 0.185. The zero-order valence-electron chi connectivity index (χ0n) is 13.8. The van der Waals surface area contributed by atoms with Crippen molar-refractivity contribution in [1.29, 1.82) is 0 Å². The normalized spacial score (nSPS) is 16.2. The van der Waals surface area contributed by atoms with Crippen LogP contribution in [-0.2, 0) is 4.79 Å². The molecule has 1 aliphatic rings. The monoisotopic (exact) mass is 340 g/mol. The van der Waals surface area contributed by atoms with E-state index >= 15 is 0 Å². The second kappa shape index (κ2) is 8.31. The van der Waals surface area contributed by atoms with Gasteiger partial charge in [0.25, 0.3) is 0 Å². The van der Waals surface area contributed by atoms with E-state index in [1.807, 2.05) is 18.7 Å². The molecule has 0 atom stereocenters. The van der Waals surface area contributed by atoms with Crippen molar-refractivity contribution in [3.63, 3.8) is 0 Å². The van der Waals surface area contributed by atoms with E-state index in [4.69, 9.17) is 17.3 Å². The molecule has 1 saturated heterocycles. The van der Waals surface area contributed by atoms with Gasteiger partial charge in [0.15, 0.2) is 0 Å². The Hall–Kier alpha value is -1.60. The Morgan fingerprint density at radius 1 is 1.26 bits per heavy atom. The van der Waals surface area contributed by atoms with E-state index in [0.29, 0.717) is 11.7 Å². The van der Waals surface area contributed by atoms with Gasteiger partial charge in [-0.3, -0.25) is 9.69 Å². The molecule has 2 heterocycles. The molecule has 23 heavy (non-hydrogen) atoms. The number of nitrogens with two attached hydrogens (primary N) is 1. The number of amides is 1. The van der Waals surface area contributed by atoms with E-state index in [2.05, 4.69) is 19.8 Å². The number of aromatic nitrogens is 2. The average Bonchev–Trinajstić information content (AvgIpc) is 2.73. The van der Waals surface area contributed by atoms with E-state index in [9.17, 15) is 4.79 Å². The molecule has 0 aromatic carbocycles. The lowest BCUT2D eigenvalue weighted by molar-refractivity contribution is -0.132. The first-order chi connectivity index (χ1) is 11.0. The fourth-order valence-corrected chi connectivity index (χ4v) is 2.99. The van der Waals surface area contributed by atoms with E-state index in [-0.39, 0.29) is 11.9 Å². The highest BCUT2D eigenvalue weighted by molar-refractivity contribution is 6.29. The summed E-state index contributed by atoms with van der Waals surface area (Å²) in [4.78, 5) is 26.6. The standard InChI is InChI=1S/C15H25ClN6O/c1-3-21(4-2)14(23)11-20-6-5-7-22(9-8-20)13-10-12(16)18-15(17)19-13/h10H,3-9,11H2,1-2H3,(H2,17,18,19). The quantitative estimate of drug-likeness (QED) is 0.808. The highest BCUT2D eigenvalue weighted by Gasteiger charge is 2.20. The summed E-state index contributed by atoms with van der Waals surface area (Å²) in [7, 11) is 0. The number of anilines is 2. The van der Waals surface area contributed by atoms with Crippen LogP contribution in [0, 0.1) is 0 Å². The van der Waals surface area contributed by atoms with Gasteiger partial charge in [-0.15, -0.1) is 0 Å². The van der Waals surface area contributed by atoms with E-state index in [1.54, 1.807) is 6.07 Å². The van der Waals surface area contributed by atoms with Crippen molar-refractivity contribution >= 4 is 29.3 Å². The number of hydrogen-bond acceptors (Lipinski definition) is 6. The third-order valence-electron chi connectivity index (χ3n) is 4.09. The lowest BCUT2D eigenvalue weighted by Gasteiger charge is -2.25. The predicted molar refractivity (Wildman–Crippen MR) is 92.7 cm³/mol. The van der Waals surface area contributed by atoms with Crippen LogP contribution >= 0.6 is 11.6 Å².